The van der Waals surface area contributed by atoms with E-state index in [1.807, 2.05) is 0 Å². The fraction of sp³-hybridized carbons (Fsp3) is 0.316. The van der Waals surface area contributed by atoms with Crippen molar-refractivity contribution in [1.82, 2.24) is 9.62 Å². The number of hydrogen-bond donors (Lipinski definition) is 1. The molecule has 0 radical (unpaired) electrons. The van der Waals surface area contributed by atoms with Crippen LogP contribution in [0, 0.1) is 5.82 Å². The van der Waals surface area contributed by atoms with Crippen molar-refractivity contribution in [1.29, 1.82) is 0 Å². The summed E-state index contributed by atoms with van der Waals surface area (Å²) >= 11 is 5.49. The van der Waals surface area contributed by atoms with Gasteiger partial charge in [0, 0.05) is 25.6 Å². The minimum atomic E-state index is -4.82. The van der Waals surface area contributed by atoms with Gasteiger partial charge in [-0.1, -0.05) is 29.8 Å². The first-order valence-electron chi connectivity index (χ1n) is 8.71. The van der Waals surface area contributed by atoms with Gasteiger partial charge in [-0.2, -0.15) is 13.2 Å². The number of nitrogens with zero attached hydrogens (tertiary/aromatic N) is 1. The summed E-state index contributed by atoms with van der Waals surface area (Å²) in [5, 5.41) is -0.625. The summed E-state index contributed by atoms with van der Waals surface area (Å²) in [6.45, 7) is 1.27. The largest absolute Gasteiger partial charge is 0.417 e. The van der Waals surface area contributed by atoms with Crippen molar-refractivity contribution >= 4 is 27.5 Å². The van der Waals surface area contributed by atoms with E-state index in [4.69, 9.17) is 11.6 Å². The summed E-state index contributed by atoms with van der Waals surface area (Å²) in [7, 11) is -2.85. The maximum absolute atomic E-state index is 13.9. The molecule has 0 fully saturated rings. The van der Waals surface area contributed by atoms with Crippen molar-refractivity contribution in [3.63, 3.8) is 0 Å². The zero-order valence-electron chi connectivity index (χ0n) is 16.0. The van der Waals surface area contributed by atoms with Crippen LogP contribution in [0.5, 0.6) is 0 Å². The minimum absolute atomic E-state index is 0.270. The van der Waals surface area contributed by atoms with Crippen LogP contribution in [-0.2, 0) is 21.0 Å². The average molecular weight is 467 g/mol. The predicted octanol–water partition coefficient (Wildman–Crippen LogP) is 4.39. The number of hydrogen-bond acceptors (Lipinski definition) is 3. The smallest absolute Gasteiger partial charge is 0.339 e. The monoisotopic (exact) mass is 466 g/mol. The van der Waals surface area contributed by atoms with Crippen molar-refractivity contribution in [2.75, 3.05) is 13.6 Å². The maximum Gasteiger partial charge on any atom is 0.417 e. The van der Waals surface area contributed by atoms with Crippen LogP contribution < -0.4 is 4.72 Å². The van der Waals surface area contributed by atoms with Gasteiger partial charge in [-0.25, -0.2) is 17.5 Å². The van der Waals surface area contributed by atoms with E-state index in [0.29, 0.717) is 11.6 Å². The Bertz CT molecular complexity index is 1030. The molecule has 2 aromatic carbocycles. The summed E-state index contributed by atoms with van der Waals surface area (Å²) < 4.78 is 79.3. The van der Waals surface area contributed by atoms with E-state index < -0.39 is 49.4 Å². The molecule has 2 aromatic rings. The molecular formula is C19H19ClF4N2O3S. The van der Waals surface area contributed by atoms with E-state index in [0.717, 1.165) is 12.1 Å². The number of nitrogens with one attached hydrogen (secondary N) is 1. The highest BCUT2D eigenvalue weighted by Gasteiger charge is 2.34. The topological polar surface area (TPSA) is 66.5 Å². The summed E-state index contributed by atoms with van der Waals surface area (Å²) in [4.78, 5) is 13.0. The van der Waals surface area contributed by atoms with Crippen molar-refractivity contribution in [3.8, 4) is 0 Å². The van der Waals surface area contributed by atoms with Gasteiger partial charge in [-0.3, -0.25) is 4.79 Å². The Morgan fingerprint density at radius 1 is 1.20 bits per heavy atom. The molecule has 0 spiro atoms. The predicted molar refractivity (Wildman–Crippen MR) is 104 cm³/mol. The van der Waals surface area contributed by atoms with Crippen LogP contribution in [0.15, 0.2) is 47.4 Å². The van der Waals surface area contributed by atoms with Crippen molar-refractivity contribution < 1.29 is 30.8 Å². The van der Waals surface area contributed by atoms with Crippen LogP contribution in [0.3, 0.4) is 0 Å². The molecule has 164 valence electrons. The Kier molecular flexibility index (Phi) is 7.49. The molecule has 11 heteroatoms. The van der Waals surface area contributed by atoms with E-state index in [1.165, 1.54) is 30.1 Å². The second kappa shape index (κ2) is 9.32. The number of carbonyl (C=O) groups excluding carboxylic acids is 1. The molecule has 1 amide bonds. The van der Waals surface area contributed by atoms with Crippen LogP contribution >= 0.6 is 11.6 Å². The molecule has 0 aliphatic heterocycles. The highest BCUT2D eigenvalue weighted by molar-refractivity contribution is 7.89. The lowest BCUT2D eigenvalue weighted by Gasteiger charge is -2.25. The molecule has 0 saturated heterocycles. The molecule has 0 aliphatic rings. The van der Waals surface area contributed by atoms with Crippen LogP contribution in [0.4, 0.5) is 17.6 Å². The molecule has 0 aromatic heterocycles. The summed E-state index contributed by atoms with van der Waals surface area (Å²) in [6, 6.07) is 7.55. The summed E-state index contributed by atoms with van der Waals surface area (Å²) in [6.07, 6.45) is -5.08. The normalized spacial score (nSPS) is 13.2. The van der Waals surface area contributed by atoms with Crippen molar-refractivity contribution in [3.05, 3.63) is 64.4 Å². The van der Waals surface area contributed by atoms with E-state index >= 15 is 0 Å². The van der Waals surface area contributed by atoms with E-state index in [-0.39, 0.29) is 13.0 Å². The van der Waals surface area contributed by atoms with Gasteiger partial charge >= 0.3 is 6.18 Å². The number of halogens is 5. The van der Waals surface area contributed by atoms with Gasteiger partial charge in [0.2, 0.25) is 15.9 Å². The highest BCUT2D eigenvalue weighted by Crippen LogP contribution is 2.35. The molecule has 0 heterocycles. The lowest BCUT2D eigenvalue weighted by Crippen LogP contribution is -2.34. The molecule has 0 bridgehead atoms. The first-order valence-corrected chi connectivity index (χ1v) is 10.6. The van der Waals surface area contributed by atoms with Crippen LogP contribution in [-0.4, -0.2) is 32.8 Å². The highest BCUT2D eigenvalue weighted by atomic mass is 35.5. The van der Waals surface area contributed by atoms with E-state index in [1.54, 1.807) is 13.0 Å². The molecular weight excluding hydrogens is 448 g/mol. The molecule has 5 nitrogen and oxygen atoms in total. The first-order chi connectivity index (χ1) is 13.8. The molecule has 0 aliphatic carbocycles. The SMILES string of the molecule is CC(c1ccccc1F)N(C)C(=O)CCNS(=O)(=O)c1ccc(Cl)c(C(F)(F)F)c1. The molecule has 1 unspecified atom stereocenters. The maximum atomic E-state index is 13.9. The van der Waals surface area contributed by atoms with Gasteiger partial charge in [0.15, 0.2) is 0 Å². The summed E-state index contributed by atoms with van der Waals surface area (Å²) in [5.74, 6) is -0.950. The van der Waals surface area contributed by atoms with Crippen LogP contribution in [0.25, 0.3) is 0 Å². The molecule has 30 heavy (non-hydrogen) atoms. The fourth-order valence-corrected chi connectivity index (χ4v) is 3.96. The lowest BCUT2D eigenvalue weighted by molar-refractivity contribution is -0.137. The Balaban J connectivity index is 2.03. The lowest BCUT2D eigenvalue weighted by atomic mass is 10.1. The van der Waals surface area contributed by atoms with Crippen LogP contribution in [0.2, 0.25) is 5.02 Å². The number of alkyl halides is 3. The number of rotatable bonds is 7. The zero-order valence-corrected chi connectivity index (χ0v) is 17.6. The quantitative estimate of drug-likeness (QED) is 0.616. The van der Waals surface area contributed by atoms with Gasteiger partial charge in [0.05, 0.1) is 21.5 Å². The number of amides is 1. The Hall–Kier alpha value is -2.17. The molecule has 2 rings (SSSR count). The molecule has 1 atom stereocenters. The minimum Gasteiger partial charge on any atom is -0.339 e. The van der Waals surface area contributed by atoms with Crippen LogP contribution in [0.1, 0.15) is 30.5 Å². The van der Waals surface area contributed by atoms with Crippen molar-refractivity contribution in [2.24, 2.45) is 0 Å². The van der Waals surface area contributed by atoms with Gasteiger partial charge < -0.3 is 4.90 Å². The standard InChI is InChI=1S/C19H19ClF4N2O3S/c1-12(14-5-3-4-6-17(14)21)26(2)18(27)9-10-25-30(28,29)13-7-8-16(20)15(11-13)19(22,23)24/h3-8,11-12,25H,9-10H2,1-2H3. The number of carbonyl (C=O) groups is 1. The van der Waals surface area contributed by atoms with Crippen molar-refractivity contribution in [2.45, 2.75) is 30.5 Å². The van der Waals surface area contributed by atoms with Gasteiger partial charge in [0.25, 0.3) is 0 Å². The third kappa shape index (κ3) is 5.71. The Morgan fingerprint density at radius 2 is 1.83 bits per heavy atom. The van der Waals surface area contributed by atoms with E-state index in [2.05, 4.69) is 4.72 Å². The Morgan fingerprint density at radius 3 is 2.43 bits per heavy atom. The molecule has 1 N–H and O–H groups in total. The van der Waals surface area contributed by atoms with Gasteiger partial charge in [0.1, 0.15) is 5.82 Å². The number of sulfonamides is 1. The zero-order chi connectivity index (χ0) is 22.7. The average Bonchev–Trinajstić information content (AvgIpc) is 2.66. The molecule has 0 saturated carbocycles. The fourth-order valence-electron chi connectivity index (χ4n) is 2.68. The Labute approximate surface area is 176 Å². The van der Waals surface area contributed by atoms with Gasteiger partial charge in [-0.05, 0) is 31.2 Å². The third-order valence-electron chi connectivity index (χ3n) is 4.51. The first kappa shape index (κ1) is 24.1. The van der Waals surface area contributed by atoms with E-state index in [9.17, 15) is 30.8 Å². The van der Waals surface area contributed by atoms with Gasteiger partial charge in [-0.15, -0.1) is 0 Å². The third-order valence-corrected chi connectivity index (χ3v) is 6.30. The number of benzene rings is 2. The second-order valence-electron chi connectivity index (χ2n) is 6.49. The summed E-state index contributed by atoms with van der Waals surface area (Å²) in [5.41, 5.74) is -0.976. The second-order valence-corrected chi connectivity index (χ2v) is 8.66.